The number of carbonyl (C=O) groups excluding carboxylic acids is 3. The predicted octanol–water partition coefficient (Wildman–Crippen LogP) is 4.74. The van der Waals surface area contributed by atoms with Crippen LogP contribution in [0.1, 0.15) is 29.5 Å². The molecular formula is C26H23ClF3N5O3S. The van der Waals surface area contributed by atoms with Crippen molar-refractivity contribution in [3.8, 4) is 0 Å². The van der Waals surface area contributed by atoms with Gasteiger partial charge in [0.15, 0.2) is 0 Å². The third kappa shape index (κ3) is 5.82. The lowest BCUT2D eigenvalue weighted by Gasteiger charge is -2.26. The van der Waals surface area contributed by atoms with E-state index in [9.17, 15) is 27.6 Å². The Balaban J connectivity index is 1.34. The molecule has 0 aliphatic carbocycles. The molecule has 0 spiro atoms. The van der Waals surface area contributed by atoms with Crippen molar-refractivity contribution in [2.24, 2.45) is 5.73 Å². The summed E-state index contributed by atoms with van der Waals surface area (Å²) in [6, 6.07) is 8.70. The van der Waals surface area contributed by atoms with Crippen molar-refractivity contribution in [1.82, 2.24) is 19.6 Å². The number of aromatic nitrogens is 2. The molecule has 1 aromatic heterocycles. The van der Waals surface area contributed by atoms with E-state index in [0.717, 1.165) is 30.7 Å². The zero-order valence-electron chi connectivity index (χ0n) is 20.4. The van der Waals surface area contributed by atoms with Gasteiger partial charge < -0.3 is 5.73 Å². The molecule has 39 heavy (non-hydrogen) atoms. The summed E-state index contributed by atoms with van der Waals surface area (Å²) < 4.78 is 42.0. The van der Waals surface area contributed by atoms with Crippen molar-refractivity contribution >= 4 is 57.4 Å². The number of amides is 3. The van der Waals surface area contributed by atoms with Gasteiger partial charge in [-0.25, -0.2) is 0 Å². The van der Waals surface area contributed by atoms with Crippen LogP contribution in [-0.2, 0) is 22.3 Å². The highest BCUT2D eigenvalue weighted by molar-refractivity contribution is 8.18. The van der Waals surface area contributed by atoms with E-state index < -0.39 is 23.6 Å². The summed E-state index contributed by atoms with van der Waals surface area (Å²) in [7, 11) is 0. The van der Waals surface area contributed by atoms with Gasteiger partial charge in [0, 0.05) is 23.0 Å². The summed E-state index contributed by atoms with van der Waals surface area (Å²) in [5.74, 6) is -0.863. The van der Waals surface area contributed by atoms with Crippen LogP contribution in [0.15, 0.2) is 47.5 Å². The zero-order valence-corrected chi connectivity index (χ0v) is 22.0. The lowest BCUT2D eigenvalue weighted by atomic mass is 10.1. The number of nitrogens with two attached hydrogens (primary N) is 1. The van der Waals surface area contributed by atoms with Crippen molar-refractivity contribution in [2.45, 2.75) is 31.6 Å². The van der Waals surface area contributed by atoms with Gasteiger partial charge in [-0.1, -0.05) is 23.7 Å². The second kappa shape index (κ2) is 10.7. The average molecular weight is 578 g/mol. The molecule has 1 atom stereocenters. The quantitative estimate of drug-likeness (QED) is 0.407. The molecular weight excluding hydrogens is 555 g/mol. The number of likely N-dealkylation sites (tertiary alicyclic amines) is 1. The number of primary amides is 1. The number of carbonyl (C=O) groups is 3. The highest BCUT2D eigenvalue weighted by Crippen LogP contribution is 2.36. The van der Waals surface area contributed by atoms with Gasteiger partial charge in [-0.2, -0.15) is 18.3 Å². The van der Waals surface area contributed by atoms with E-state index in [-0.39, 0.29) is 46.4 Å². The maximum Gasteiger partial charge on any atom is 0.416 e. The Labute approximate surface area is 230 Å². The van der Waals surface area contributed by atoms with Crippen molar-refractivity contribution in [1.29, 1.82) is 0 Å². The summed E-state index contributed by atoms with van der Waals surface area (Å²) in [6.45, 7) is 0.844. The number of nitrogens with zero attached hydrogens (tertiary/aromatic N) is 4. The molecule has 13 heteroatoms. The van der Waals surface area contributed by atoms with Gasteiger partial charge in [0.25, 0.3) is 11.1 Å². The molecule has 0 unspecified atom stereocenters. The Bertz CT molecular complexity index is 1510. The van der Waals surface area contributed by atoms with Crippen LogP contribution >= 0.6 is 23.4 Å². The summed E-state index contributed by atoms with van der Waals surface area (Å²) >= 11 is 6.63. The van der Waals surface area contributed by atoms with E-state index in [0.29, 0.717) is 23.0 Å². The number of hydrogen-bond donors (Lipinski definition) is 1. The minimum absolute atomic E-state index is 0.00307. The van der Waals surface area contributed by atoms with E-state index in [1.165, 1.54) is 27.9 Å². The van der Waals surface area contributed by atoms with Gasteiger partial charge in [0.1, 0.15) is 0 Å². The molecule has 2 aliphatic heterocycles. The largest absolute Gasteiger partial charge is 0.416 e. The first-order chi connectivity index (χ1) is 18.5. The molecule has 2 N–H and O–H groups in total. The van der Waals surface area contributed by atoms with Crippen molar-refractivity contribution in [3.05, 3.63) is 69.2 Å². The van der Waals surface area contributed by atoms with Crippen molar-refractivity contribution in [3.63, 3.8) is 0 Å². The monoisotopic (exact) mass is 577 g/mol. The van der Waals surface area contributed by atoms with E-state index in [4.69, 9.17) is 17.3 Å². The zero-order chi connectivity index (χ0) is 27.9. The van der Waals surface area contributed by atoms with Crippen molar-refractivity contribution < 1.29 is 27.6 Å². The van der Waals surface area contributed by atoms with Crippen LogP contribution in [-0.4, -0.2) is 62.3 Å². The first-order valence-electron chi connectivity index (χ1n) is 12.1. The van der Waals surface area contributed by atoms with Gasteiger partial charge in [0.2, 0.25) is 5.91 Å². The van der Waals surface area contributed by atoms with Crippen LogP contribution in [0, 0.1) is 0 Å². The fourth-order valence-corrected chi connectivity index (χ4v) is 5.98. The molecule has 8 nitrogen and oxygen atoms in total. The highest BCUT2D eigenvalue weighted by atomic mass is 35.5. The van der Waals surface area contributed by atoms with E-state index in [1.807, 2.05) is 4.90 Å². The number of benzene rings is 2. The SMILES string of the molecule is NC(=O)CN1CCC[C@@H]1CN1C(=O)S/C(=C\c2ccc3c(cnn3Cc3ccc(Cl)cc3C(F)(F)F)c2)C1=O. The number of halogens is 4. The Morgan fingerprint density at radius 1 is 1.21 bits per heavy atom. The topological polar surface area (TPSA) is 102 Å². The van der Waals surface area contributed by atoms with Gasteiger partial charge in [0.05, 0.1) is 35.3 Å². The highest BCUT2D eigenvalue weighted by Gasteiger charge is 2.39. The van der Waals surface area contributed by atoms with Crippen LogP contribution in [0.2, 0.25) is 5.02 Å². The van der Waals surface area contributed by atoms with E-state index in [1.54, 1.807) is 24.3 Å². The Kier molecular flexibility index (Phi) is 7.45. The minimum atomic E-state index is -4.56. The number of rotatable bonds is 7. The molecule has 0 radical (unpaired) electrons. The lowest BCUT2D eigenvalue weighted by molar-refractivity contribution is -0.138. The van der Waals surface area contributed by atoms with Crippen LogP contribution in [0.4, 0.5) is 18.0 Å². The molecule has 0 bridgehead atoms. The summed E-state index contributed by atoms with van der Waals surface area (Å²) in [5.41, 5.74) is 5.79. The Morgan fingerprint density at radius 2 is 2.00 bits per heavy atom. The Morgan fingerprint density at radius 3 is 2.74 bits per heavy atom. The van der Waals surface area contributed by atoms with Gasteiger partial charge >= 0.3 is 6.18 Å². The maximum absolute atomic E-state index is 13.5. The van der Waals surface area contributed by atoms with Gasteiger partial charge in [-0.15, -0.1) is 0 Å². The fourth-order valence-electron chi connectivity index (χ4n) is 4.96. The van der Waals surface area contributed by atoms with Crippen LogP contribution in [0.3, 0.4) is 0 Å². The normalized spacial score (nSPS) is 19.6. The average Bonchev–Trinajstić information content (AvgIpc) is 3.54. The van der Waals surface area contributed by atoms with E-state index >= 15 is 0 Å². The number of fused-ring (bicyclic) bond motifs is 1. The molecule has 3 aromatic rings. The fraction of sp³-hybridized carbons (Fsp3) is 0.308. The number of imide groups is 1. The van der Waals surface area contributed by atoms with Gasteiger partial charge in [-0.3, -0.25) is 28.9 Å². The van der Waals surface area contributed by atoms with Crippen LogP contribution in [0.5, 0.6) is 0 Å². The van der Waals surface area contributed by atoms with Crippen molar-refractivity contribution in [2.75, 3.05) is 19.6 Å². The standard InChI is InChI=1S/C26H23ClF3N5O3S/c27-18-5-4-16(20(10-18)26(28,29)30)12-35-21-6-3-15(8-17(21)11-32-35)9-22-24(37)34(25(38)39-22)13-19-2-1-7-33(19)14-23(31)36/h3-6,8-11,19H,1-2,7,12-14H2,(H2,31,36)/b22-9-/t19-/m1/s1. The molecule has 2 aliphatic rings. The van der Waals surface area contributed by atoms with Crippen LogP contribution < -0.4 is 5.73 Å². The number of hydrogen-bond acceptors (Lipinski definition) is 6. The molecule has 2 aromatic carbocycles. The van der Waals surface area contributed by atoms with E-state index in [2.05, 4.69) is 5.10 Å². The molecule has 3 amide bonds. The first kappa shape index (κ1) is 27.2. The summed E-state index contributed by atoms with van der Waals surface area (Å²) in [4.78, 5) is 40.4. The first-order valence-corrected chi connectivity index (χ1v) is 13.3. The second-order valence-electron chi connectivity index (χ2n) is 9.44. The number of alkyl halides is 3. The number of thioether (sulfide) groups is 1. The molecule has 204 valence electrons. The Hall–Kier alpha value is -3.35. The lowest BCUT2D eigenvalue weighted by Crippen LogP contribution is -2.45. The van der Waals surface area contributed by atoms with Crippen LogP contribution in [0.25, 0.3) is 17.0 Å². The predicted molar refractivity (Wildman–Crippen MR) is 142 cm³/mol. The molecule has 5 rings (SSSR count). The summed E-state index contributed by atoms with van der Waals surface area (Å²) in [6.07, 6.45) is 0.202. The summed E-state index contributed by atoms with van der Waals surface area (Å²) in [5, 5.41) is 4.54. The third-order valence-corrected chi connectivity index (χ3v) is 7.93. The maximum atomic E-state index is 13.5. The molecule has 2 fully saturated rings. The minimum Gasteiger partial charge on any atom is -0.369 e. The molecule has 0 saturated carbocycles. The second-order valence-corrected chi connectivity index (χ2v) is 10.9. The molecule has 3 heterocycles. The smallest absolute Gasteiger partial charge is 0.369 e. The van der Waals surface area contributed by atoms with Gasteiger partial charge in [-0.05, 0) is 72.6 Å². The molecule has 2 saturated heterocycles. The third-order valence-electron chi connectivity index (χ3n) is 6.79.